The minimum atomic E-state index is -4.05. The van der Waals surface area contributed by atoms with Gasteiger partial charge in [0.25, 0.3) is 15.0 Å². The summed E-state index contributed by atoms with van der Waals surface area (Å²) in [6.45, 7) is 2.19. The van der Waals surface area contributed by atoms with Crippen LogP contribution in [0.1, 0.15) is 19.8 Å². The van der Waals surface area contributed by atoms with E-state index in [4.69, 9.17) is 27.0 Å². The van der Waals surface area contributed by atoms with Crippen molar-refractivity contribution >= 4 is 53.2 Å². The molecule has 0 saturated carbocycles. The highest BCUT2D eigenvalue weighted by Crippen LogP contribution is 2.37. The van der Waals surface area contributed by atoms with Gasteiger partial charge in [-0.2, -0.15) is 0 Å². The number of hydrogen-bond donors (Lipinski definition) is 1. The number of hydrogen-bond acceptors (Lipinski definition) is 4. The van der Waals surface area contributed by atoms with Crippen molar-refractivity contribution in [3.8, 4) is 5.75 Å². The van der Waals surface area contributed by atoms with E-state index in [0.717, 1.165) is 12.8 Å². The summed E-state index contributed by atoms with van der Waals surface area (Å²) in [6.07, 6.45) is 1.81. The molecule has 0 radical (unpaired) electrons. The van der Waals surface area contributed by atoms with Crippen molar-refractivity contribution in [3.63, 3.8) is 0 Å². The van der Waals surface area contributed by atoms with E-state index in [1.165, 1.54) is 12.1 Å². The molecule has 1 aromatic carbocycles. The van der Waals surface area contributed by atoms with E-state index in [-0.39, 0.29) is 28.2 Å². The molecule has 0 aliphatic rings. The van der Waals surface area contributed by atoms with Gasteiger partial charge in [0.1, 0.15) is 4.90 Å². The fourth-order valence-corrected chi connectivity index (χ4v) is 3.52. The molecule has 1 aromatic rings. The lowest BCUT2D eigenvalue weighted by Gasteiger charge is -2.12. The Morgan fingerprint density at radius 1 is 1.43 bits per heavy atom. The Labute approximate surface area is 141 Å². The first-order valence-electron chi connectivity index (χ1n) is 6.09. The Hall–Kier alpha value is -0.500. The molecular formula is C12H14BrCl2NO4S. The van der Waals surface area contributed by atoms with Crippen molar-refractivity contribution in [3.05, 3.63) is 21.6 Å². The molecule has 118 valence electrons. The minimum absolute atomic E-state index is 0.0463. The summed E-state index contributed by atoms with van der Waals surface area (Å²) in [6, 6.07) is 2.72. The van der Waals surface area contributed by atoms with Gasteiger partial charge in [-0.15, -0.1) is 0 Å². The third kappa shape index (κ3) is 6.02. The van der Waals surface area contributed by atoms with Gasteiger partial charge in [0.05, 0.1) is 5.02 Å². The maximum atomic E-state index is 11.6. The number of amides is 1. The molecule has 0 aromatic heterocycles. The minimum Gasteiger partial charge on any atom is -0.481 e. The zero-order valence-electron chi connectivity index (χ0n) is 11.2. The normalized spacial score (nSPS) is 11.2. The zero-order valence-corrected chi connectivity index (χ0v) is 15.1. The summed E-state index contributed by atoms with van der Waals surface area (Å²) < 4.78 is 28.7. The van der Waals surface area contributed by atoms with Gasteiger partial charge >= 0.3 is 0 Å². The highest BCUT2D eigenvalue weighted by Gasteiger charge is 2.21. The lowest BCUT2D eigenvalue weighted by atomic mass is 10.3. The highest BCUT2D eigenvalue weighted by molar-refractivity contribution is 9.10. The van der Waals surface area contributed by atoms with Crippen molar-refractivity contribution in [2.45, 2.75) is 24.7 Å². The largest absolute Gasteiger partial charge is 0.481 e. The molecule has 0 fully saturated rings. The first kappa shape index (κ1) is 18.5. The fraction of sp³-hybridized carbons (Fsp3) is 0.417. The van der Waals surface area contributed by atoms with Gasteiger partial charge < -0.3 is 10.1 Å². The average Bonchev–Trinajstić information content (AvgIpc) is 2.36. The SMILES string of the molecule is CCCCNC(=O)COc1c(Cl)cc(Br)cc1S(=O)(=O)Cl. The number of carbonyl (C=O) groups is 1. The number of nitrogens with one attached hydrogen (secondary N) is 1. The standard InChI is InChI=1S/C12H14BrCl2NO4S/c1-2-3-4-16-11(17)7-20-12-9(14)5-8(13)6-10(12)21(15,18)19/h5-6H,2-4,7H2,1H3,(H,16,17). The molecule has 0 saturated heterocycles. The third-order valence-electron chi connectivity index (χ3n) is 2.44. The summed E-state index contributed by atoms with van der Waals surface area (Å²) in [5.41, 5.74) is 0. The Balaban J connectivity index is 2.86. The molecular weight excluding hydrogens is 405 g/mol. The molecule has 0 heterocycles. The maximum absolute atomic E-state index is 11.6. The van der Waals surface area contributed by atoms with Crippen molar-refractivity contribution < 1.29 is 17.9 Å². The molecule has 21 heavy (non-hydrogen) atoms. The van der Waals surface area contributed by atoms with Crippen LogP contribution in [0, 0.1) is 0 Å². The lowest BCUT2D eigenvalue weighted by molar-refractivity contribution is -0.123. The van der Waals surface area contributed by atoms with Gasteiger partial charge in [-0.3, -0.25) is 4.79 Å². The molecule has 0 aliphatic heterocycles. The molecule has 5 nitrogen and oxygen atoms in total. The van der Waals surface area contributed by atoms with Crippen LogP contribution in [-0.4, -0.2) is 27.5 Å². The van der Waals surface area contributed by atoms with Crippen LogP contribution in [0.5, 0.6) is 5.75 Å². The van der Waals surface area contributed by atoms with Crippen molar-refractivity contribution in [2.24, 2.45) is 0 Å². The van der Waals surface area contributed by atoms with E-state index < -0.39 is 9.05 Å². The second kappa shape index (κ2) is 8.22. The number of ether oxygens (including phenoxy) is 1. The average molecular weight is 419 g/mol. The molecule has 0 aliphatic carbocycles. The number of carbonyl (C=O) groups excluding carboxylic acids is 1. The first-order valence-corrected chi connectivity index (χ1v) is 9.57. The Morgan fingerprint density at radius 3 is 2.67 bits per heavy atom. The van der Waals surface area contributed by atoms with Crippen molar-refractivity contribution in [1.82, 2.24) is 5.32 Å². The van der Waals surface area contributed by atoms with Crippen LogP contribution in [0.15, 0.2) is 21.5 Å². The first-order chi connectivity index (χ1) is 9.75. The van der Waals surface area contributed by atoms with Crippen molar-refractivity contribution in [1.29, 1.82) is 0 Å². The summed E-state index contributed by atoms with van der Waals surface area (Å²) in [5, 5.41) is 2.69. The maximum Gasteiger partial charge on any atom is 0.265 e. The van der Waals surface area contributed by atoms with Crippen LogP contribution in [0.3, 0.4) is 0 Å². The summed E-state index contributed by atoms with van der Waals surface area (Å²) >= 11 is 9.06. The molecule has 1 N–H and O–H groups in total. The molecule has 0 atom stereocenters. The van der Waals surface area contributed by atoms with Crippen LogP contribution in [0.4, 0.5) is 0 Å². The van der Waals surface area contributed by atoms with Gasteiger partial charge in [0, 0.05) is 21.7 Å². The van der Waals surface area contributed by atoms with E-state index in [2.05, 4.69) is 21.2 Å². The van der Waals surface area contributed by atoms with Gasteiger partial charge in [0.15, 0.2) is 12.4 Å². The number of unbranched alkanes of at least 4 members (excludes halogenated alkanes) is 1. The van der Waals surface area contributed by atoms with Crippen LogP contribution < -0.4 is 10.1 Å². The Kier molecular flexibility index (Phi) is 7.26. The predicted molar refractivity (Wildman–Crippen MR) is 85.6 cm³/mol. The predicted octanol–water partition coefficient (Wildman–Crippen LogP) is 3.33. The molecule has 1 rings (SSSR count). The summed E-state index contributed by atoms with van der Waals surface area (Å²) in [4.78, 5) is 11.3. The van der Waals surface area contributed by atoms with Crippen LogP contribution in [0.25, 0.3) is 0 Å². The molecule has 0 bridgehead atoms. The monoisotopic (exact) mass is 417 g/mol. The van der Waals surface area contributed by atoms with Gasteiger partial charge in [-0.25, -0.2) is 8.42 Å². The Bertz CT molecular complexity index is 622. The number of benzene rings is 1. The van der Waals surface area contributed by atoms with Crippen LogP contribution in [0.2, 0.25) is 5.02 Å². The second-order valence-electron chi connectivity index (χ2n) is 4.14. The lowest BCUT2D eigenvalue weighted by Crippen LogP contribution is -2.29. The smallest absolute Gasteiger partial charge is 0.265 e. The number of rotatable bonds is 7. The summed E-state index contributed by atoms with van der Waals surface area (Å²) in [7, 11) is 1.29. The molecule has 0 spiro atoms. The molecule has 0 unspecified atom stereocenters. The van der Waals surface area contributed by atoms with Gasteiger partial charge in [-0.05, 0) is 18.6 Å². The topological polar surface area (TPSA) is 72.5 Å². The zero-order chi connectivity index (χ0) is 16.0. The third-order valence-corrected chi connectivity index (χ3v) is 4.50. The fourth-order valence-electron chi connectivity index (χ4n) is 1.45. The molecule has 9 heteroatoms. The van der Waals surface area contributed by atoms with Crippen molar-refractivity contribution in [2.75, 3.05) is 13.2 Å². The van der Waals surface area contributed by atoms with E-state index in [1.54, 1.807) is 0 Å². The molecule has 1 amide bonds. The van der Waals surface area contributed by atoms with E-state index >= 15 is 0 Å². The van der Waals surface area contributed by atoms with E-state index in [1.807, 2.05) is 6.92 Å². The second-order valence-corrected chi connectivity index (χ2v) is 8.00. The van der Waals surface area contributed by atoms with Gasteiger partial charge in [-0.1, -0.05) is 40.9 Å². The van der Waals surface area contributed by atoms with Gasteiger partial charge in [0.2, 0.25) is 0 Å². The van der Waals surface area contributed by atoms with E-state index in [0.29, 0.717) is 11.0 Å². The number of halogens is 3. The quantitative estimate of drug-likeness (QED) is 0.544. The summed E-state index contributed by atoms with van der Waals surface area (Å²) in [5.74, 6) is -0.499. The highest BCUT2D eigenvalue weighted by atomic mass is 79.9. The Morgan fingerprint density at radius 2 is 2.10 bits per heavy atom. The van der Waals surface area contributed by atoms with E-state index in [9.17, 15) is 13.2 Å². The van der Waals surface area contributed by atoms with Crippen LogP contribution in [-0.2, 0) is 13.8 Å². The van der Waals surface area contributed by atoms with Crippen LogP contribution >= 0.6 is 38.2 Å².